The highest BCUT2D eigenvalue weighted by atomic mass is 16.5. The number of carbonyl (C=O) groups is 1. The van der Waals surface area contributed by atoms with Crippen molar-refractivity contribution < 1.29 is 15.1 Å². The first kappa shape index (κ1) is 13.0. The molecule has 0 atom stereocenters. The van der Waals surface area contributed by atoms with Crippen LogP contribution in [0.1, 0.15) is 33.1 Å². The molecule has 0 rings (SSSR count). The van der Waals surface area contributed by atoms with Crippen molar-refractivity contribution in [2.45, 2.75) is 33.1 Å². The maximum absolute atomic E-state index is 9.00. The molecule has 0 aromatic rings. The lowest BCUT2D eigenvalue weighted by molar-refractivity contribution is -0.134. The summed E-state index contributed by atoms with van der Waals surface area (Å²) in [6.07, 6.45) is 3.49. The first-order valence-corrected chi connectivity index (χ1v) is 3.71. The molecular weight excluding hydrogens is 146 g/mol. The number of hydrogen-bond donors (Lipinski definition) is 3. The molecule has 68 valence electrons. The minimum absolute atomic E-state index is 0.730. The number of hydrogen-bond acceptors (Lipinski definition) is 3. The Morgan fingerprint density at radius 2 is 1.91 bits per heavy atom. The molecule has 4 nitrogen and oxygen atoms in total. The fourth-order valence-electron chi connectivity index (χ4n) is 0.454. The molecule has 0 unspecified atom stereocenters. The highest BCUT2D eigenvalue weighted by molar-refractivity contribution is 5.62. The lowest BCUT2D eigenvalue weighted by Crippen LogP contribution is -2.07. The fraction of sp³-hybridized carbons (Fsp3) is 0.857. The van der Waals surface area contributed by atoms with Gasteiger partial charge in [0.05, 0.1) is 0 Å². The van der Waals surface area contributed by atoms with Gasteiger partial charge in [-0.1, -0.05) is 19.8 Å². The fourth-order valence-corrected chi connectivity index (χ4v) is 0.454. The number of carboxylic acids is 1. The molecule has 0 aromatic carbocycles. The molecule has 0 saturated carbocycles. The third-order valence-corrected chi connectivity index (χ3v) is 0.892. The van der Waals surface area contributed by atoms with Gasteiger partial charge in [-0.3, -0.25) is 4.79 Å². The van der Waals surface area contributed by atoms with Crippen LogP contribution in [0.2, 0.25) is 0 Å². The summed E-state index contributed by atoms with van der Waals surface area (Å²) in [5.41, 5.74) is 2.10. The first-order chi connectivity index (χ1) is 5.15. The summed E-state index contributed by atoms with van der Waals surface area (Å²) in [6, 6.07) is 0. The first-order valence-electron chi connectivity index (χ1n) is 3.71. The van der Waals surface area contributed by atoms with Crippen LogP contribution in [-0.4, -0.2) is 22.8 Å². The molecule has 0 fully saturated rings. The Hall–Kier alpha value is -0.610. The lowest BCUT2D eigenvalue weighted by Gasteiger charge is -1.92. The zero-order valence-corrected chi connectivity index (χ0v) is 7.13. The van der Waals surface area contributed by atoms with Crippen molar-refractivity contribution in [1.29, 1.82) is 0 Å². The van der Waals surface area contributed by atoms with Crippen LogP contribution >= 0.6 is 0 Å². The second-order valence-electron chi connectivity index (χ2n) is 2.13. The number of rotatable bonds is 4. The van der Waals surface area contributed by atoms with Crippen molar-refractivity contribution in [3.05, 3.63) is 0 Å². The minimum Gasteiger partial charge on any atom is -0.481 e. The number of aliphatic carboxylic acids is 1. The van der Waals surface area contributed by atoms with Crippen LogP contribution in [-0.2, 0) is 4.79 Å². The Bertz CT molecular complexity index is 77.8. The van der Waals surface area contributed by atoms with E-state index in [2.05, 4.69) is 12.4 Å². The molecule has 0 aliphatic rings. The van der Waals surface area contributed by atoms with Gasteiger partial charge in [-0.15, -0.1) is 0 Å². The Balaban J connectivity index is 0. The molecule has 0 bridgehead atoms. The summed E-state index contributed by atoms with van der Waals surface area (Å²) in [4.78, 5) is 9.00. The number of unbranched alkanes of at least 4 members (excludes halogenated alkanes) is 2. The van der Waals surface area contributed by atoms with Gasteiger partial charge in [0.2, 0.25) is 0 Å². The lowest BCUT2D eigenvalue weighted by atomic mass is 10.3. The van der Waals surface area contributed by atoms with Gasteiger partial charge in [0.25, 0.3) is 5.97 Å². The van der Waals surface area contributed by atoms with E-state index in [9.17, 15) is 0 Å². The van der Waals surface area contributed by atoms with Gasteiger partial charge >= 0.3 is 0 Å². The highest BCUT2D eigenvalue weighted by Gasteiger charge is 1.79. The standard InChI is InChI=1S/C5H13NO.C2H4O2/c1-2-3-4-5-6-7;1-2(3)4/h6-7H,2-5H2,1H3;1H3,(H,3,4). The van der Waals surface area contributed by atoms with Crippen LogP contribution in [0.4, 0.5) is 0 Å². The molecule has 3 N–H and O–H groups in total. The smallest absolute Gasteiger partial charge is 0.300 e. The molecular formula is C7H17NO3. The van der Waals surface area contributed by atoms with Gasteiger partial charge < -0.3 is 10.3 Å². The monoisotopic (exact) mass is 163 g/mol. The zero-order valence-electron chi connectivity index (χ0n) is 7.13. The maximum atomic E-state index is 9.00. The van der Waals surface area contributed by atoms with Crippen LogP contribution in [0.5, 0.6) is 0 Å². The maximum Gasteiger partial charge on any atom is 0.300 e. The number of hydroxylamine groups is 1. The van der Waals surface area contributed by atoms with Gasteiger partial charge in [-0.2, -0.15) is 0 Å². The molecule has 4 heteroatoms. The molecule has 0 spiro atoms. The topological polar surface area (TPSA) is 69.6 Å². The Labute approximate surface area is 67.2 Å². The molecule has 0 heterocycles. The van der Waals surface area contributed by atoms with E-state index < -0.39 is 5.97 Å². The third kappa shape index (κ3) is 44.6. The van der Waals surface area contributed by atoms with Crippen LogP contribution in [0.25, 0.3) is 0 Å². The van der Waals surface area contributed by atoms with E-state index in [4.69, 9.17) is 15.1 Å². The molecule has 0 radical (unpaired) electrons. The second kappa shape index (κ2) is 12.1. The van der Waals surface area contributed by atoms with Crippen molar-refractivity contribution in [3.63, 3.8) is 0 Å². The van der Waals surface area contributed by atoms with Crippen LogP contribution in [0, 0.1) is 0 Å². The summed E-state index contributed by atoms with van der Waals surface area (Å²) in [5, 5.41) is 15.5. The number of carboxylic acid groups (broad SMARTS) is 1. The SMILES string of the molecule is CC(=O)O.CCCCCNO. The van der Waals surface area contributed by atoms with Crippen molar-refractivity contribution in [1.82, 2.24) is 5.48 Å². The van der Waals surface area contributed by atoms with Crippen LogP contribution in [0.15, 0.2) is 0 Å². The molecule has 11 heavy (non-hydrogen) atoms. The molecule has 0 aliphatic heterocycles. The average molecular weight is 163 g/mol. The van der Waals surface area contributed by atoms with E-state index in [-0.39, 0.29) is 0 Å². The van der Waals surface area contributed by atoms with Gasteiger partial charge in [-0.05, 0) is 6.42 Å². The van der Waals surface area contributed by atoms with Gasteiger partial charge in [0, 0.05) is 13.5 Å². The Morgan fingerprint density at radius 1 is 1.45 bits per heavy atom. The average Bonchev–Trinajstić information content (AvgIpc) is 1.88. The third-order valence-electron chi connectivity index (χ3n) is 0.892. The van der Waals surface area contributed by atoms with E-state index in [0.717, 1.165) is 19.9 Å². The van der Waals surface area contributed by atoms with Crippen molar-refractivity contribution >= 4 is 5.97 Å². The van der Waals surface area contributed by atoms with Gasteiger partial charge in [0.15, 0.2) is 0 Å². The normalized spacial score (nSPS) is 8.27. The Morgan fingerprint density at radius 3 is 2.18 bits per heavy atom. The predicted octanol–water partition coefficient (Wildman–Crippen LogP) is 1.25. The van der Waals surface area contributed by atoms with E-state index >= 15 is 0 Å². The summed E-state index contributed by atoms with van der Waals surface area (Å²) >= 11 is 0. The van der Waals surface area contributed by atoms with Crippen LogP contribution < -0.4 is 5.48 Å². The Kier molecular flexibility index (Phi) is 14.3. The number of nitrogens with one attached hydrogen (secondary N) is 1. The van der Waals surface area contributed by atoms with E-state index in [1.165, 1.54) is 12.8 Å². The largest absolute Gasteiger partial charge is 0.481 e. The quantitative estimate of drug-likeness (QED) is 0.431. The van der Waals surface area contributed by atoms with Crippen molar-refractivity contribution in [3.8, 4) is 0 Å². The highest BCUT2D eigenvalue weighted by Crippen LogP contribution is 1.89. The molecule has 0 aliphatic carbocycles. The summed E-state index contributed by atoms with van der Waals surface area (Å²) in [7, 11) is 0. The minimum atomic E-state index is -0.833. The second-order valence-corrected chi connectivity index (χ2v) is 2.13. The molecule has 0 amide bonds. The molecule has 0 saturated heterocycles. The van der Waals surface area contributed by atoms with E-state index in [1.807, 2.05) is 0 Å². The van der Waals surface area contributed by atoms with E-state index in [1.54, 1.807) is 0 Å². The summed E-state index contributed by atoms with van der Waals surface area (Å²) in [5.74, 6) is -0.833. The van der Waals surface area contributed by atoms with Crippen molar-refractivity contribution in [2.75, 3.05) is 6.54 Å². The summed E-state index contributed by atoms with van der Waals surface area (Å²) in [6.45, 7) is 3.95. The van der Waals surface area contributed by atoms with Crippen molar-refractivity contribution in [2.24, 2.45) is 0 Å². The molecule has 0 aromatic heterocycles. The van der Waals surface area contributed by atoms with Gasteiger partial charge in [-0.25, -0.2) is 5.48 Å². The van der Waals surface area contributed by atoms with Gasteiger partial charge in [0.1, 0.15) is 0 Å². The summed E-state index contributed by atoms with van der Waals surface area (Å²) < 4.78 is 0. The predicted molar refractivity (Wildman–Crippen MR) is 42.6 cm³/mol. The van der Waals surface area contributed by atoms with E-state index in [0.29, 0.717) is 0 Å². The zero-order chi connectivity index (χ0) is 9.11. The van der Waals surface area contributed by atoms with Crippen LogP contribution in [0.3, 0.4) is 0 Å².